The average molecular weight is 372 g/mol. The largest absolute Gasteiger partial charge is 0.496 e. The van der Waals surface area contributed by atoms with Crippen LogP contribution in [0.15, 0.2) is 35.5 Å². The smallest absolute Gasteiger partial charge is 0.209 e. The Morgan fingerprint density at radius 2 is 2.14 bits per heavy atom. The molecule has 22 heavy (non-hydrogen) atoms. The standard InChI is InChI=1S/C14H11Cl2N3OS2/c1-20-11-4-2-8(15)6-10(11)13-17-14(19-18-13)21-7-9-3-5-12(16)22-9/h2-6H,7H2,1H3,(H,17,18,19). The number of halogens is 2. The Hall–Kier alpha value is -1.21. The number of thiophene rings is 1. The number of aromatic nitrogens is 3. The van der Waals surface area contributed by atoms with Crippen LogP contribution in [0.1, 0.15) is 4.88 Å². The maximum atomic E-state index is 6.04. The summed E-state index contributed by atoms with van der Waals surface area (Å²) >= 11 is 15.1. The van der Waals surface area contributed by atoms with Crippen LogP contribution < -0.4 is 4.74 Å². The van der Waals surface area contributed by atoms with Gasteiger partial charge in [0.1, 0.15) is 5.75 Å². The summed E-state index contributed by atoms with van der Waals surface area (Å²) in [6, 6.07) is 9.28. The van der Waals surface area contributed by atoms with Crippen LogP contribution in [-0.2, 0) is 5.75 Å². The molecule has 0 bridgehead atoms. The average Bonchev–Trinajstić information content (AvgIpc) is 3.14. The van der Waals surface area contributed by atoms with E-state index in [2.05, 4.69) is 15.2 Å². The Morgan fingerprint density at radius 1 is 1.27 bits per heavy atom. The molecule has 4 nitrogen and oxygen atoms in total. The first kappa shape index (κ1) is 15.7. The number of ether oxygens (including phenoxy) is 1. The minimum Gasteiger partial charge on any atom is -0.496 e. The third-order valence-electron chi connectivity index (χ3n) is 2.85. The fourth-order valence-corrected chi connectivity index (χ4v) is 3.96. The van der Waals surface area contributed by atoms with Crippen molar-refractivity contribution in [2.24, 2.45) is 0 Å². The topological polar surface area (TPSA) is 50.8 Å². The summed E-state index contributed by atoms with van der Waals surface area (Å²) in [5.41, 5.74) is 0.786. The molecule has 0 atom stereocenters. The predicted octanol–water partition coefficient (Wildman–Crippen LogP) is 5.14. The molecule has 0 saturated heterocycles. The second kappa shape index (κ2) is 6.91. The Morgan fingerprint density at radius 3 is 2.86 bits per heavy atom. The van der Waals surface area contributed by atoms with Crippen LogP contribution in [0.25, 0.3) is 11.4 Å². The fraction of sp³-hybridized carbons (Fsp3) is 0.143. The summed E-state index contributed by atoms with van der Waals surface area (Å²) in [4.78, 5) is 5.66. The summed E-state index contributed by atoms with van der Waals surface area (Å²) in [6.07, 6.45) is 0. The van der Waals surface area contributed by atoms with Gasteiger partial charge >= 0.3 is 0 Å². The Bertz CT molecular complexity index is 788. The molecule has 8 heteroatoms. The van der Waals surface area contributed by atoms with E-state index >= 15 is 0 Å². The van der Waals surface area contributed by atoms with Crippen molar-refractivity contribution in [1.29, 1.82) is 0 Å². The van der Waals surface area contributed by atoms with Crippen molar-refractivity contribution in [1.82, 2.24) is 15.2 Å². The minimum atomic E-state index is 0.620. The van der Waals surface area contributed by atoms with Crippen LogP contribution in [0.2, 0.25) is 9.36 Å². The predicted molar refractivity (Wildman–Crippen MR) is 92.3 cm³/mol. The molecule has 2 aromatic heterocycles. The molecule has 0 amide bonds. The molecular formula is C14H11Cl2N3OS2. The number of benzene rings is 1. The molecule has 3 aromatic rings. The van der Waals surface area contributed by atoms with E-state index < -0.39 is 0 Å². The van der Waals surface area contributed by atoms with Gasteiger partial charge in [-0.3, -0.25) is 5.10 Å². The monoisotopic (exact) mass is 371 g/mol. The molecule has 3 rings (SSSR count). The van der Waals surface area contributed by atoms with Gasteiger partial charge in [0.25, 0.3) is 0 Å². The first-order chi connectivity index (χ1) is 10.7. The van der Waals surface area contributed by atoms with Gasteiger partial charge in [0.05, 0.1) is 17.0 Å². The highest BCUT2D eigenvalue weighted by molar-refractivity contribution is 7.98. The Labute approximate surface area is 145 Å². The molecule has 0 aliphatic rings. The maximum absolute atomic E-state index is 6.04. The zero-order valence-corrected chi connectivity index (χ0v) is 14.6. The quantitative estimate of drug-likeness (QED) is 0.630. The van der Waals surface area contributed by atoms with Crippen LogP contribution in [0.4, 0.5) is 0 Å². The van der Waals surface area contributed by atoms with Crippen LogP contribution in [0, 0.1) is 0 Å². The summed E-state index contributed by atoms with van der Waals surface area (Å²) < 4.78 is 6.12. The van der Waals surface area contributed by atoms with Crippen LogP contribution in [0.5, 0.6) is 5.75 Å². The van der Waals surface area contributed by atoms with Gasteiger partial charge in [-0.05, 0) is 30.3 Å². The van der Waals surface area contributed by atoms with E-state index in [1.54, 1.807) is 48.4 Å². The highest BCUT2D eigenvalue weighted by Gasteiger charge is 2.12. The zero-order valence-electron chi connectivity index (χ0n) is 11.5. The lowest BCUT2D eigenvalue weighted by Crippen LogP contribution is -1.89. The van der Waals surface area contributed by atoms with Gasteiger partial charge in [-0.25, -0.2) is 4.98 Å². The molecule has 1 N–H and O–H groups in total. The lowest BCUT2D eigenvalue weighted by molar-refractivity contribution is 0.416. The van der Waals surface area contributed by atoms with Gasteiger partial charge in [0, 0.05) is 15.7 Å². The van der Waals surface area contributed by atoms with Crippen molar-refractivity contribution in [3.05, 3.63) is 44.6 Å². The molecule has 0 spiro atoms. The summed E-state index contributed by atoms with van der Waals surface area (Å²) in [6.45, 7) is 0. The third-order valence-corrected chi connectivity index (χ3v) is 5.40. The maximum Gasteiger partial charge on any atom is 0.209 e. The number of thioether (sulfide) groups is 1. The van der Waals surface area contributed by atoms with Crippen LogP contribution >= 0.6 is 46.3 Å². The normalized spacial score (nSPS) is 10.9. The number of hydrogen-bond acceptors (Lipinski definition) is 5. The summed E-state index contributed by atoms with van der Waals surface area (Å²) in [5.74, 6) is 2.11. The molecular weight excluding hydrogens is 361 g/mol. The van der Waals surface area contributed by atoms with Gasteiger partial charge in [0.15, 0.2) is 5.82 Å². The van der Waals surface area contributed by atoms with Crippen molar-refractivity contribution in [2.45, 2.75) is 10.9 Å². The summed E-state index contributed by atoms with van der Waals surface area (Å²) in [7, 11) is 1.61. The van der Waals surface area contributed by atoms with E-state index in [-0.39, 0.29) is 0 Å². The number of nitrogens with one attached hydrogen (secondary N) is 1. The van der Waals surface area contributed by atoms with Gasteiger partial charge < -0.3 is 4.74 Å². The lowest BCUT2D eigenvalue weighted by Gasteiger charge is -2.05. The van der Waals surface area contributed by atoms with Crippen molar-refractivity contribution in [2.75, 3.05) is 7.11 Å². The molecule has 0 aliphatic heterocycles. The molecule has 0 saturated carbocycles. The fourth-order valence-electron chi connectivity index (χ4n) is 1.86. The lowest BCUT2D eigenvalue weighted by atomic mass is 10.2. The second-order valence-corrected chi connectivity index (χ2v) is 7.48. The molecule has 0 fully saturated rings. The Kier molecular flexibility index (Phi) is 4.93. The van der Waals surface area contributed by atoms with E-state index in [1.807, 2.05) is 12.1 Å². The highest BCUT2D eigenvalue weighted by atomic mass is 35.5. The number of hydrogen-bond donors (Lipinski definition) is 1. The number of nitrogens with zero attached hydrogens (tertiary/aromatic N) is 2. The number of H-pyrrole nitrogens is 1. The second-order valence-electron chi connectivity index (χ2n) is 4.31. The van der Waals surface area contributed by atoms with Crippen molar-refractivity contribution < 1.29 is 4.74 Å². The molecule has 0 radical (unpaired) electrons. The van der Waals surface area contributed by atoms with E-state index in [4.69, 9.17) is 27.9 Å². The molecule has 1 aromatic carbocycles. The first-order valence-corrected chi connectivity index (χ1v) is 8.85. The van der Waals surface area contributed by atoms with Crippen molar-refractivity contribution >= 4 is 46.3 Å². The number of aromatic amines is 1. The SMILES string of the molecule is COc1ccc(Cl)cc1-c1nc(SCc2ccc(Cl)s2)n[nH]1. The molecule has 0 aliphatic carbocycles. The first-order valence-electron chi connectivity index (χ1n) is 6.29. The molecule has 2 heterocycles. The zero-order chi connectivity index (χ0) is 15.5. The molecule has 0 unspecified atom stereocenters. The van der Waals surface area contributed by atoms with Gasteiger partial charge in [0.2, 0.25) is 5.16 Å². The minimum absolute atomic E-state index is 0.620. The third kappa shape index (κ3) is 3.57. The summed E-state index contributed by atoms with van der Waals surface area (Å²) in [5, 5.41) is 8.43. The van der Waals surface area contributed by atoms with Gasteiger partial charge in [-0.2, -0.15) is 0 Å². The van der Waals surface area contributed by atoms with Crippen LogP contribution in [0.3, 0.4) is 0 Å². The van der Waals surface area contributed by atoms with E-state index in [0.29, 0.717) is 21.8 Å². The van der Waals surface area contributed by atoms with E-state index in [9.17, 15) is 0 Å². The van der Waals surface area contributed by atoms with E-state index in [1.165, 1.54) is 4.88 Å². The van der Waals surface area contributed by atoms with E-state index in [0.717, 1.165) is 15.7 Å². The number of methoxy groups -OCH3 is 1. The van der Waals surface area contributed by atoms with Crippen molar-refractivity contribution in [3.8, 4) is 17.1 Å². The van der Waals surface area contributed by atoms with Crippen LogP contribution in [-0.4, -0.2) is 22.3 Å². The Balaban J connectivity index is 1.77. The van der Waals surface area contributed by atoms with Crippen molar-refractivity contribution in [3.63, 3.8) is 0 Å². The van der Waals surface area contributed by atoms with Gasteiger partial charge in [-0.15, -0.1) is 16.4 Å². The number of rotatable bonds is 5. The highest BCUT2D eigenvalue weighted by Crippen LogP contribution is 2.32. The molecule has 114 valence electrons. The van der Waals surface area contributed by atoms with Gasteiger partial charge in [-0.1, -0.05) is 35.0 Å².